The first-order valence-electron chi connectivity index (χ1n) is 11.3. The quantitative estimate of drug-likeness (QED) is 0.655. The predicted molar refractivity (Wildman–Crippen MR) is 125 cm³/mol. The zero-order valence-electron chi connectivity index (χ0n) is 18.6. The molecule has 0 aliphatic carbocycles. The van der Waals surface area contributed by atoms with Crippen molar-refractivity contribution in [3.8, 4) is 0 Å². The van der Waals surface area contributed by atoms with Gasteiger partial charge in [-0.25, -0.2) is 0 Å². The van der Waals surface area contributed by atoms with Crippen LogP contribution in [0.2, 0.25) is 0 Å². The van der Waals surface area contributed by atoms with E-state index in [4.69, 9.17) is 0 Å². The summed E-state index contributed by atoms with van der Waals surface area (Å²) in [6.07, 6.45) is 4.60. The Balaban J connectivity index is 1.51. The van der Waals surface area contributed by atoms with Crippen molar-refractivity contribution in [3.63, 3.8) is 0 Å². The molecule has 0 bridgehead atoms. The number of nitrogens with zero attached hydrogens (tertiary/aromatic N) is 2. The van der Waals surface area contributed by atoms with E-state index < -0.39 is 0 Å². The predicted octanol–water partition coefficient (Wildman–Crippen LogP) is 3.48. The van der Waals surface area contributed by atoms with Crippen molar-refractivity contribution < 1.29 is 4.79 Å². The monoisotopic (exact) mass is 407 g/mol. The molecule has 1 N–H and O–H groups in total. The maximum absolute atomic E-state index is 11.6. The molecule has 1 saturated heterocycles. The molecule has 0 unspecified atom stereocenters. The number of carbonyl (C=O) groups excluding carboxylic acids is 1. The van der Waals surface area contributed by atoms with Crippen LogP contribution in [0.5, 0.6) is 0 Å². The third-order valence-corrected chi connectivity index (χ3v) is 6.23. The van der Waals surface area contributed by atoms with Crippen LogP contribution in [-0.2, 0) is 17.6 Å². The highest BCUT2D eigenvalue weighted by atomic mass is 16.1. The number of likely N-dealkylation sites (tertiary alicyclic amines) is 1. The number of hydrogen-bond donors (Lipinski definition) is 1. The third kappa shape index (κ3) is 7.58. The van der Waals surface area contributed by atoms with Gasteiger partial charge in [0.1, 0.15) is 0 Å². The van der Waals surface area contributed by atoms with Gasteiger partial charge in [-0.3, -0.25) is 9.69 Å². The molecule has 0 saturated carbocycles. The molecule has 2 aromatic rings. The minimum absolute atomic E-state index is 0.121. The number of amides is 1. The molecule has 1 amide bonds. The third-order valence-electron chi connectivity index (χ3n) is 6.23. The second-order valence-electron chi connectivity index (χ2n) is 8.86. The van der Waals surface area contributed by atoms with Crippen molar-refractivity contribution in [1.82, 2.24) is 15.1 Å². The largest absolute Gasteiger partial charge is 0.358 e. The molecule has 0 atom stereocenters. The molecule has 0 spiro atoms. The van der Waals surface area contributed by atoms with Gasteiger partial charge in [0.15, 0.2) is 0 Å². The van der Waals surface area contributed by atoms with Crippen molar-refractivity contribution in [3.05, 3.63) is 71.8 Å². The van der Waals surface area contributed by atoms with E-state index in [1.807, 2.05) is 0 Å². The van der Waals surface area contributed by atoms with Crippen LogP contribution in [0.1, 0.15) is 24.0 Å². The summed E-state index contributed by atoms with van der Waals surface area (Å²) >= 11 is 0. The summed E-state index contributed by atoms with van der Waals surface area (Å²) in [5.74, 6) is 1.45. The zero-order chi connectivity index (χ0) is 21.2. The molecular formula is C26H37N3O. The van der Waals surface area contributed by atoms with Gasteiger partial charge >= 0.3 is 0 Å². The van der Waals surface area contributed by atoms with Gasteiger partial charge in [-0.15, -0.1) is 0 Å². The lowest BCUT2D eigenvalue weighted by Gasteiger charge is -2.34. The van der Waals surface area contributed by atoms with Gasteiger partial charge in [-0.05, 0) is 68.8 Å². The molecule has 0 aromatic heterocycles. The smallest absolute Gasteiger partial charge is 0.233 e. The molecule has 1 aliphatic rings. The number of rotatable bonds is 10. The maximum Gasteiger partial charge on any atom is 0.233 e. The van der Waals surface area contributed by atoms with Crippen molar-refractivity contribution in [2.45, 2.75) is 25.7 Å². The van der Waals surface area contributed by atoms with Crippen LogP contribution in [0, 0.1) is 11.8 Å². The Morgan fingerprint density at radius 3 is 2.03 bits per heavy atom. The van der Waals surface area contributed by atoms with E-state index in [0.29, 0.717) is 12.5 Å². The molecule has 162 valence electrons. The van der Waals surface area contributed by atoms with Crippen LogP contribution in [0.4, 0.5) is 0 Å². The second kappa shape index (κ2) is 11.9. The first-order valence-corrected chi connectivity index (χ1v) is 11.3. The highest BCUT2D eigenvalue weighted by Gasteiger charge is 2.22. The van der Waals surface area contributed by atoms with Gasteiger partial charge in [0.25, 0.3) is 0 Å². The van der Waals surface area contributed by atoms with Crippen LogP contribution in [0.3, 0.4) is 0 Å². The molecule has 4 heteroatoms. The van der Waals surface area contributed by atoms with E-state index in [9.17, 15) is 4.79 Å². The topological polar surface area (TPSA) is 35.6 Å². The zero-order valence-corrected chi connectivity index (χ0v) is 18.6. The van der Waals surface area contributed by atoms with Crippen molar-refractivity contribution in [1.29, 1.82) is 0 Å². The molecule has 2 aromatic carbocycles. The Hall–Kier alpha value is -2.17. The standard InChI is InChI=1S/C26H37N3O/c1-27-26(30)21-29-15-13-24(14-16-29)19-28(2)20-25(17-22-9-5-3-6-10-22)18-23-11-7-4-8-12-23/h3-12,24-25H,13-21H2,1-2H3,(H,27,30). The lowest BCUT2D eigenvalue weighted by atomic mass is 9.91. The van der Waals surface area contributed by atoms with Crippen molar-refractivity contribution in [2.75, 3.05) is 46.8 Å². The summed E-state index contributed by atoms with van der Waals surface area (Å²) in [5.41, 5.74) is 2.85. The normalized spacial score (nSPS) is 15.6. The van der Waals surface area contributed by atoms with E-state index in [1.165, 1.54) is 24.0 Å². The minimum Gasteiger partial charge on any atom is -0.358 e. The summed E-state index contributed by atoms with van der Waals surface area (Å²) in [6, 6.07) is 21.8. The first kappa shape index (κ1) is 22.5. The number of carbonyl (C=O) groups is 1. The van der Waals surface area contributed by atoms with Crippen LogP contribution < -0.4 is 5.32 Å². The summed E-state index contributed by atoms with van der Waals surface area (Å²) in [5, 5.41) is 2.73. The summed E-state index contributed by atoms with van der Waals surface area (Å²) in [6.45, 7) is 4.86. The number of hydrogen-bond acceptors (Lipinski definition) is 3. The lowest BCUT2D eigenvalue weighted by Crippen LogP contribution is -2.43. The van der Waals surface area contributed by atoms with E-state index in [-0.39, 0.29) is 5.91 Å². The molecule has 4 nitrogen and oxygen atoms in total. The van der Waals surface area contributed by atoms with Crippen molar-refractivity contribution in [2.24, 2.45) is 11.8 Å². The van der Waals surface area contributed by atoms with Gasteiger partial charge in [0.05, 0.1) is 6.54 Å². The highest BCUT2D eigenvalue weighted by molar-refractivity contribution is 5.77. The van der Waals surface area contributed by atoms with Crippen LogP contribution >= 0.6 is 0 Å². The van der Waals surface area contributed by atoms with E-state index in [1.54, 1.807) is 7.05 Å². The molecular weight excluding hydrogens is 370 g/mol. The van der Waals surface area contributed by atoms with Crippen LogP contribution in [0.15, 0.2) is 60.7 Å². The molecule has 3 rings (SSSR count). The van der Waals surface area contributed by atoms with E-state index in [2.05, 4.69) is 82.8 Å². The molecule has 1 aliphatic heterocycles. The average molecular weight is 408 g/mol. The van der Waals surface area contributed by atoms with Gasteiger partial charge in [-0.2, -0.15) is 0 Å². The second-order valence-corrected chi connectivity index (χ2v) is 8.86. The molecule has 1 fully saturated rings. The number of likely N-dealkylation sites (N-methyl/N-ethyl adjacent to an activating group) is 1. The Morgan fingerprint density at radius 1 is 1.00 bits per heavy atom. The summed E-state index contributed by atoms with van der Waals surface area (Å²) in [4.78, 5) is 16.4. The SMILES string of the molecule is CNC(=O)CN1CCC(CN(C)CC(Cc2ccccc2)Cc2ccccc2)CC1. The summed E-state index contributed by atoms with van der Waals surface area (Å²) in [7, 11) is 3.99. The Kier molecular flexibility index (Phi) is 8.91. The minimum atomic E-state index is 0.121. The van der Waals surface area contributed by atoms with E-state index >= 15 is 0 Å². The molecule has 30 heavy (non-hydrogen) atoms. The maximum atomic E-state index is 11.6. The first-order chi connectivity index (χ1) is 14.6. The average Bonchev–Trinajstić information content (AvgIpc) is 2.76. The van der Waals surface area contributed by atoms with Crippen LogP contribution in [0.25, 0.3) is 0 Å². The number of benzene rings is 2. The molecule has 1 heterocycles. The fourth-order valence-electron chi connectivity index (χ4n) is 4.66. The van der Waals surface area contributed by atoms with Gasteiger partial charge < -0.3 is 10.2 Å². The van der Waals surface area contributed by atoms with Crippen LogP contribution in [-0.4, -0.2) is 62.5 Å². The fourth-order valence-corrected chi connectivity index (χ4v) is 4.66. The number of piperidine rings is 1. The van der Waals surface area contributed by atoms with Gasteiger partial charge in [0, 0.05) is 20.1 Å². The fraction of sp³-hybridized carbons (Fsp3) is 0.500. The number of nitrogens with one attached hydrogen (secondary N) is 1. The highest BCUT2D eigenvalue weighted by Crippen LogP contribution is 2.20. The van der Waals surface area contributed by atoms with E-state index in [0.717, 1.165) is 44.9 Å². The van der Waals surface area contributed by atoms with Gasteiger partial charge in [0.2, 0.25) is 5.91 Å². The Bertz CT molecular complexity index is 700. The Morgan fingerprint density at radius 2 is 1.53 bits per heavy atom. The molecule has 0 radical (unpaired) electrons. The lowest BCUT2D eigenvalue weighted by molar-refractivity contribution is -0.122. The van der Waals surface area contributed by atoms with Gasteiger partial charge in [-0.1, -0.05) is 60.7 Å². The summed E-state index contributed by atoms with van der Waals surface area (Å²) < 4.78 is 0. The Labute approximate surface area is 182 Å². The van der Waals surface area contributed by atoms with Crippen molar-refractivity contribution >= 4 is 5.91 Å².